The molecular weight excluding hydrogens is 346 g/mol. The molecule has 0 bridgehead atoms. The molecule has 0 fully saturated rings. The molecule has 0 spiro atoms. The summed E-state index contributed by atoms with van der Waals surface area (Å²) in [5.41, 5.74) is 0.981. The second kappa shape index (κ2) is 10.8. The van der Waals surface area contributed by atoms with Crippen LogP contribution >= 0.6 is 0 Å². The molecule has 7 nitrogen and oxygen atoms in total. The minimum Gasteiger partial charge on any atom is -0.497 e. The molecule has 0 aliphatic rings. The number of hydrogen-bond acceptors (Lipinski definition) is 5. The van der Waals surface area contributed by atoms with Gasteiger partial charge in [-0.3, -0.25) is 14.6 Å². The summed E-state index contributed by atoms with van der Waals surface area (Å²) >= 11 is 0. The van der Waals surface area contributed by atoms with Crippen molar-refractivity contribution in [2.24, 2.45) is 0 Å². The first-order valence-electron chi connectivity index (χ1n) is 8.76. The molecule has 0 saturated heterocycles. The van der Waals surface area contributed by atoms with Crippen molar-refractivity contribution in [3.63, 3.8) is 0 Å². The molecule has 2 rings (SSSR count). The van der Waals surface area contributed by atoms with E-state index in [1.807, 2.05) is 36.4 Å². The molecule has 0 unspecified atom stereocenters. The first kappa shape index (κ1) is 20.2. The number of pyridine rings is 1. The minimum atomic E-state index is -0.103. The number of benzene rings is 1. The number of nitrogens with zero attached hydrogens (tertiary/aromatic N) is 2. The molecule has 0 saturated carbocycles. The van der Waals surface area contributed by atoms with Gasteiger partial charge in [-0.05, 0) is 42.0 Å². The fourth-order valence-electron chi connectivity index (χ4n) is 2.40. The largest absolute Gasteiger partial charge is 0.497 e. The highest BCUT2D eigenvalue weighted by Crippen LogP contribution is 2.16. The number of methoxy groups -OCH3 is 1. The molecule has 2 amide bonds. The summed E-state index contributed by atoms with van der Waals surface area (Å²) in [6.07, 6.45) is 3.61. The van der Waals surface area contributed by atoms with Crippen molar-refractivity contribution in [3.8, 4) is 11.5 Å². The van der Waals surface area contributed by atoms with Crippen LogP contribution in [0.2, 0.25) is 0 Å². The second-order valence-electron chi connectivity index (χ2n) is 5.91. The normalized spacial score (nSPS) is 10.1. The molecule has 1 N–H and O–H groups in total. The fourth-order valence-corrected chi connectivity index (χ4v) is 2.40. The van der Waals surface area contributed by atoms with Crippen LogP contribution in [-0.4, -0.2) is 48.5 Å². The molecule has 0 atom stereocenters. The summed E-state index contributed by atoms with van der Waals surface area (Å²) in [6.45, 7) is 3.05. The number of aromatic nitrogens is 1. The number of nitrogens with one attached hydrogen (secondary N) is 1. The molecule has 1 heterocycles. The van der Waals surface area contributed by atoms with E-state index < -0.39 is 0 Å². The maximum Gasteiger partial charge on any atom is 0.222 e. The van der Waals surface area contributed by atoms with Crippen LogP contribution in [0.3, 0.4) is 0 Å². The lowest BCUT2D eigenvalue weighted by Gasteiger charge is -2.21. The molecule has 2 aromatic rings. The van der Waals surface area contributed by atoms with E-state index in [1.165, 1.54) is 6.92 Å². The summed E-state index contributed by atoms with van der Waals surface area (Å²) in [7, 11) is 1.60. The lowest BCUT2D eigenvalue weighted by atomic mass is 10.2. The van der Waals surface area contributed by atoms with Crippen molar-refractivity contribution in [3.05, 3.63) is 54.4 Å². The molecule has 1 aromatic heterocycles. The van der Waals surface area contributed by atoms with E-state index in [1.54, 1.807) is 24.4 Å². The fraction of sp³-hybridized carbons (Fsp3) is 0.350. The van der Waals surface area contributed by atoms with Gasteiger partial charge in [0.25, 0.3) is 0 Å². The Kier molecular flexibility index (Phi) is 8.09. The van der Waals surface area contributed by atoms with Crippen molar-refractivity contribution in [2.75, 3.05) is 26.8 Å². The van der Waals surface area contributed by atoms with Gasteiger partial charge in [0.1, 0.15) is 18.1 Å². The molecule has 0 aliphatic heterocycles. The maximum absolute atomic E-state index is 12.0. The average Bonchev–Trinajstić information content (AvgIpc) is 2.70. The quantitative estimate of drug-likeness (QED) is 0.691. The van der Waals surface area contributed by atoms with Gasteiger partial charge in [0, 0.05) is 38.8 Å². The Morgan fingerprint density at radius 1 is 1.04 bits per heavy atom. The molecule has 144 valence electrons. The van der Waals surface area contributed by atoms with E-state index in [0.717, 1.165) is 11.3 Å². The van der Waals surface area contributed by atoms with E-state index in [0.29, 0.717) is 32.0 Å². The van der Waals surface area contributed by atoms with Gasteiger partial charge in [-0.15, -0.1) is 0 Å². The van der Waals surface area contributed by atoms with Crippen LogP contribution in [-0.2, 0) is 16.1 Å². The van der Waals surface area contributed by atoms with Gasteiger partial charge in [-0.25, -0.2) is 0 Å². The van der Waals surface area contributed by atoms with E-state index in [9.17, 15) is 9.59 Å². The van der Waals surface area contributed by atoms with Crippen LogP contribution in [0, 0.1) is 0 Å². The Bertz CT molecular complexity index is 720. The van der Waals surface area contributed by atoms with E-state index >= 15 is 0 Å². The van der Waals surface area contributed by atoms with Crippen molar-refractivity contribution >= 4 is 11.8 Å². The summed E-state index contributed by atoms with van der Waals surface area (Å²) in [6, 6.07) is 10.9. The lowest BCUT2D eigenvalue weighted by molar-refractivity contribution is -0.130. The standard InChI is InChI=1S/C20H25N3O4/c1-16(24)23(13-14-27-19-5-3-18(26-2)4-6-19)12-9-20(25)22-15-17-7-10-21-11-8-17/h3-8,10-11H,9,12-15H2,1-2H3,(H,22,25). The van der Waals surface area contributed by atoms with Crippen molar-refractivity contribution in [2.45, 2.75) is 19.9 Å². The van der Waals surface area contributed by atoms with Crippen LogP contribution in [0.25, 0.3) is 0 Å². The molecular formula is C20H25N3O4. The van der Waals surface area contributed by atoms with Gasteiger partial charge < -0.3 is 19.7 Å². The first-order chi connectivity index (χ1) is 13.1. The van der Waals surface area contributed by atoms with Gasteiger partial charge in [-0.1, -0.05) is 0 Å². The number of amides is 2. The predicted octanol–water partition coefficient (Wildman–Crippen LogP) is 2.02. The topological polar surface area (TPSA) is 80.8 Å². The first-order valence-corrected chi connectivity index (χ1v) is 8.76. The number of carbonyl (C=O) groups is 2. The van der Waals surface area contributed by atoms with E-state index in [-0.39, 0.29) is 18.2 Å². The highest BCUT2D eigenvalue weighted by atomic mass is 16.5. The Balaban J connectivity index is 1.70. The van der Waals surface area contributed by atoms with Crippen LogP contribution in [0.4, 0.5) is 0 Å². The molecule has 7 heteroatoms. The molecule has 27 heavy (non-hydrogen) atoms. The number of carbonyl (C=O) groups excluding carboxylic acids is 2. The van der Waals surface area contributed by atoms with Crippen molar-refractivity contribution in [1.29, 1.82) is 0 Å². The monoisotopic (exact) mass is 371 g/mol. The van der Waals surface area contributed by atoms with Crippen LogP contribution in [0.1, 0.15) is 18.9 Å². The SMILES string of the molecule is COc1ccc(OCCN(CCC(=O)NCc2ccncc2)C(C)=O)cc1. The number of ether oxygens (including phenoxy) is 2. The molecule has 1 aromatic carbocycles. The van der Waals surface area contributed by atoms with Crippen molar-refractivity contribution < 1.29 is 19.1 Å². The predicted molar refractivity (Wildman–Crippen MR) is 101 cm³/mol. The Labute approximate surface area is 159 Å². The van der Waals surface area contributed by atoms with E-state index in [2.05, 4.69) is 10.3 Å². The van der Waals surface area contributed by atoms with Gasteiger partial charge in [-0.2, -0.15) is 0 Å². The van der Waals surface area contributed by atoms with Crippen LogP contribution < -0.4 is 14.8 Å². The third kappa shape index (κ3) is 7.35. The van der Waals surface area contributed by atoms with Gasteiger partial charge in [0.15, 0.2) is 0 Å². The summed E-state index contributed by atoms with van der Waals surface area (Å²) in [5.74, 6) is 1.27. The summed E-state index contributed by atoms with van der Waals surface area (Å²) in [5, 5.41) is 2.84. The van der Waals surface area contributed by atoms with Gasteiger partial charge in [0.2, 0.25) is 11.8 Å². The zero-order chi connectivity index (χ0) is 19.5. The third-order valence-electron chi connectivity index (χ3n) is 3.98. The maximum atomic E-state index is 12.0. The highest BCUT2D eigenvalue weighted by Gasteiger charge is 2.11. The average molecular weight is 371 g/mol. The van der Waals surface area contributed by atoms with Crippen LogP contribution in [0.15, 0.2) is 48.8 Å². The summed E-state index contributed by atoms with van der Waals surface area (Å²) < 4.78 is 10.7. The van der Waals surface area contributed by atoms with Crippen molar-refractivity contribution in [1.82, 2.24) is 15.2 Å². The zero-order valence-electron chi connectivity index (χ0n) is 15.7. The highest BCUT2D eigenvalue weighted by molar-refractivity contribution is 5.78. The smallest absolute Gasteiger partial charge is 0.222 e. The zero-order valence-corrected chi connectivity index (χ0v) is 15.7. The van der Waals surface area contributed by atoms with E-state index in [4.69, 9.17) is 9.47 Å². The van der Waals surface area contributed by atoms with Crippen LogP contribution in [0.5, 0.6) is 11.5 Å². The molecule has 0 radical (unpaired) electrons. The Hall–Kier alpha value is -3.09. The van der Waals surface area contributed by atoms with Gasteiger partial charge >= 0.3 is 0 Å². The Morgan fingerprint density at radius 3 is 2.33 bits per heavy atom. The minimum absolute atomic E-state index is 0.0877. The third-order valence-corrected chi connectivity index (χ3v) is 3.98. The van der Waals surface area contributed by atoms with Gasteiger partial charge in [0.05, 0.1) is 13.7 Å². The number of hydrogen-bond donors (Lipinski definition) is 1. The molecule has 0 aliphatic carbocycles. The Morgan fingerprint density at radius 2 is 1.70 bits per heavy atom. The lowest BCUT2D eigenvalue weighted by Crippen LogP contribution is -2.36. The number of rotatable bonds is 10. The summed E-state index contributed by atoms with van der Waals surface area (Å²) in [4.78, 5) is 29.3. The second-order valence-corrected chi connectivity index (χ2v) is 5.91.